The first-order chi connectivity index (χ1) is 11.2. The number of aryl methyl sites for hydroxylation is 1. The molecular formula is C16H19ClIN5O. The van der Waals surface area contributed by atoms with Crippen molar-refractivity contribution in [3.63, 3.8) is 0 Å². The van der Waals surface area contributed by atoms with Crippen molar-refractivity contribution in [1.82, 2.24) is 20.2 Å². The molecule has 0 aliphatic carbocycles. The summed E-state index contributed by atoms with van der Waals surface area (Å²) in [6.07, 6.45) is 1.65. The molecule has 24 heavy (non-hydrogen) atoms. The quantitative estimate of drug-likeness (QED) is 0.357. The maximum atomic E-state index is 6.02. The number of imidazole rings is 1. The minimum atomic E-state index is 0. The first-order valence-electron chi connectivity index (χ1n) is 7.25. The summed E-state index contributed by atoms with van der Waals surface area (Å²) in [4.78, 5) is 8.80. The highest BCUT2D eigenvalue weighted by molar-refractivity contribution is 14.0. The Morgan fingerprint density at radius 3 is 2.79 bits per heavy atom. The lowest BCUT2D eigenvalue weighted by molar-refractivity contribution is 0.501. The second-order valence-corrected chi connectivity index (χ2v) is 5.52. The lowest BCUT2D eigenvalue weighted by atomic mass is 10.3. The Balaban J connectivity index is 0.00000208. The van der Waals surface area contributed by atoms with E-state index in [9.17, 15) is 0 Å². The Labute approximate surface area is 162 Å². The number of benzene rings is 1. The molecule has 0 bridgehead atoms. The van der Waals surface area contributed by atoms with E-state index >= 15 is 0 Å². The Hall–Kier alpha value is -1.74. The van der Waals surface area contributed by atoms with E-state index < -0.39 is 0 Å². The average molecular weight is 460 g/mol. The molecule has 1 aromatic carbocycles. The summed E-state index contributed by atoms with van der Waals surface area (Å²) in [6.45, 7) is 1.13. The SMILES string of the molecule is CN=C(NCc1ccco1)NCc1nc2cc(Cl)ccc2n1C.I. The number of fused-ring (bicyclic) bond motifs is 1. The van der Waals surface area contributed by atoms with Gasteiger partial charge in [-0.1, -0.05) is 11.6 Å². The number of nitrogens with zero attached hydrogens (tertiary/aromatic N) is 3. The maximum absolute atomic E-state index is 6.02. The number of rotatable bonds is 4. The number of aliphatic imine (C=N–C) groups is 1. The van der Waals surface area contributed by atoms with E-state index in [0.717, 1.165) is 22.6 Å². The molecule has 0 aliphatic heterocycles. The lowest BCUT2D eigenvalue weighted by Crippen LogP contribution is -2.36. The third kappa shape index (κ3) is 4.21. The zero-order valence-electron chi connectivity index (χ0n) is 13.4. The topological polar surface area (TPSA) is 67.4 Å². The van der Waals surface area contributed by atoms with Gasteiger partial charge in [-0.3, -0.25) is 4.99 Å². The summed E-state index contributed by atoms with van der Waals surface area (Å²) in [5, 5.41) is 7.12. The first kappa shape index (κ1) is 18.6. The van der Waals surface area contributed by atoms with Crippen LogP contribution < -0.4 is 10.6 Å². The van der Waals surface area contributed by atoms with Gasteiger partial charge in [-0.05, 0) is 30.3 Å². The van der Waals surface area contributed by atoms with Gasteiger partial charge >= 0.3 is 0 Å². The van der Waals surface area contributed by atoms with Crippen molar-refractivity contribution >= 4 is 52.6 Å². The summed E-state index contributed by atoms with van der Waals surface area (Å²) in [6, 6.07) is 9.47. The number of furan rings is 1. The predicted octanol–water partition coefficient (Wildman–Crippen LogP) is 3.30. The van der Waals surface area contributed by atoms with Gasteiger partial charge in [0.05, 0.1) is 30.4 Å². The van der Waals surface area contributed by atoms with Crippen LogP contribution in [-0.4, -0.2) is 22.6 Å². The maximum Gasteiger partial charge on any atom is 0.191 e. The van der Waals surface area contributed by atoms with Crippen LogP contribution in [0.5, 0.6) is 0 Å². The lowest BCUT2D eigenvalue weighted by Gasteiger charge is -2.10. The van der Waals surface area contributed by atoms with Crippen LogP contribution >= 0.6 is 35.6 Å². The molecule has 0 aliphatic rings. The number of guanidine groups is 1. The van der Waals surface area contributed by atoms with Gasteiger partial charge in [0, 0.05) is 19.1 Å². The van der Waals surface area contributed by atoms with Gasteiger partial charge in [0.2, 0.25) is 0 Å². The molecule has 0 saturated heterocycles. The van der Waals surface area contributed by atoms with Crippen LogP contribution in [0.15, 0.2) is 46.0 Å². The number of hydrogen-bond donors (Lipinski definition) is 2. The third-order valence-electron chi connectivity index (χ3n) is 3.58. The summed E-state index contributed by atoms with van der Waals surface area (Å²) in [7, 11) is 3.71. The second kappa shape index (κ2) is 8.39. The van der Waals surface area contributed by atoms with Crippen molar-refractivity contribution in [1.29, 1.82) is 0 Å². The van der Waals surface area contributed by atoms with Crippen molar-refractivity contribution in [2.45, 2.75) is 13.1 Å². The Bertz CT molecular complexity index is 828. The van der Waals surface area contributed by atoms with E-state index in [-0.39, 0.29) is 24.0 Å². The van der Waals surface area contributed by atoms with Crippen molar-refractivity contribution in [2.75, 3.05) is 7.05 Å². The van der Waals surface area contributed by atoms with Gasteiger partial charge in [0.25, 0.3) is 0 Å². The van der Waals surface area contributed by atoms with E-state index in [0.29, 0.717) is 24.1 Å². The smallest absolute Gasteiger partial charge is 0.191 e. The van der Waals surface area contributed by atoms with E-state index in [2.05, 4.69) is 20.6 Å². The normalized spacial score (nSPS) is 11.4. The Morgan fingerprint density at radius 2 is 2.08 bits per heavy atom. The van der Waals surface area contributed by atoms with Crippen LogP contribution in [0.2, 0.25) is 5.02 Å². The number of hydrogen-bond acceptors (Lipinski definition) is 3. The van der Waals surface area contributed by atoms with Crippen LogP contribution in [0.3, 0.4) is 0 Å². The van der Waals surface area contributed by atoms with Gasteiger partial charge in [-0.15, -0.1) is 24.0 Å². The summed E-state index contributed by atoms with van der Waals surface area (Å²) < 4.78 is 7.33. The largest absolute Gasteiger partial charge is 0.467 e. The standard InChI is InChI=1S/C16H18ClN5O.HI/c1-18-16(19-9-12-4-3-7-23-12)20-10-15-21-13-8-11(17)5-6-14(13)22(15)2;/h3-8H,9-10H2,1-2H3,(H2,18,19,20);1H. The third-order valence-corrected chi connectivity index (χ3v) is 3.82. The molecule has 128 valence electrons. The van der Waals surface area contributed by atoms with Crippen molar-refractivity contribution < 1.29 is 4.42 Å². The van der Waals surface area contributed by atoms with Crippen LogP contribution in [0.4, 0.5) is 0 Å². The molecule has 2 N–H and O–H groups in total. The highest BCUT2D eigenvalue weighted by Crippen LogP contribution is 2.19. The summed E-state index contributed by atoms with van der Waals surface area (Å²) in [5.74, 6) is 2.44. The minimum absolute atomic E-state index is 0. The van der Waals surface area contributed by atoms with Crippen molar-refractivity contribution in [3.8, 4) is 0 Å². The van der Waals surface area contributed by atoms with Crippen LogP contribution in [-0.2, 0) is 20.1 Å². The van der Waals surface area contributed by atoms with Gasteiger partial charge in [0.1, 0.15) is 11.6 Å². The molecule has 0 amide bonds. The molecule has 0 saturated carbocycles. The average Bonchev–Trinajstić information content (AvgIpc) is 3.16. The van der Waals surface area contributed by atoms with Crippen LogP contribution in [0, 0.1) is 0 Å². The summed E-state index contributed by atoms with van der Waals surface area (Å²) in [5.41, 5.74) is 1.93. The highest BCUT2D eigenvalue weighted by Gasteiger charge is 2.09. The molecule has 0 spiro atoms. The van der Waals surface area contributed by atoms with Gasteiger partial charge < -0.3 is 19.6 Å². The molecule has 0 fully saturated rings. The molecular weight excluding hydrogens is 441 g/mol. The molecule has 0 unspecified atom stereocenters. The van der Waals surface area contributed by atoms with E-state index in [4.69, 9.17) is 16.0 Å². The fourth-order valence-corrected chi connectivity index (χ4v) is 2.51. The van der Waals surface area contributed by atoms with E-state index in [1.54, 1.807) is 13.3 Å². The predicted molar refractivity (Wildman–Crippen MR) is 107 cm³/mol. The minimum Gasteiger partial charge on any atom is -0.467 e. The Kier molecular flexibility index (Phi) is 6.50. The molecule has 3 aromatic rings. The molecule has 0 atom stereocenters. The fraction of sp³-hybridized carbons (Fsp3) is 0.250. The molecule has 2 aromatic heterocycles. The zero-order valence-corrected chi connectivity index (χ0v) is 16.5. The number of halogens is 2. The van der Waals surface area contributed by atoms with Gasteiger partial charge in [-0.25, -0.2) is 4.98 Å². The van der Waals surface area contributed by atoms with Crippen LogP contribution in [0.25, 0.3) is 11.0 Å². The Morgan fingerprint density at radius 1 is 1.29 bits per heavy atom. The number of aromatic nitrogens is 2. The molecule has 2 heterocycles. The van der Waals surface area contributed by atoms with Crippen molar-refractivity contribution in [3.05, 3.63) is 53.2 Å². The highest BCUT2D eigenvalue weighted by atomic mass is 127. The van der Waals surface area contributed by atoms with E-state index in [1.807, 2.05) is 41.9 Å². The number of nitrogens with one attached hydrogen (secondary N) is 2. The monoisotopic (exact) mass is 459 g/mol. The van der Waals surface area contributed by atoms with Crippen LogP contribution in [0.1, 0.15) is 11.6 Å². The summed E-state index contributed by atoms with van der Waals surface area (Å²) >= 11 is 6.02. The molecule has 8 heteroatoms. The van der Waals surface area contributed by atoms with Crippen molar-refractivity contribution in [2.24, 2.45) is 12.0 Å². The molecule has 6 nitrogen and oxygen atoms in total. The first-order valence-corrected chi connectivity index (χ1v) is 7.63. The van der Waals surface area contributed by atoms with Gasteiger partial charge in [0.15, 0.2) is 5.96 Å². The second-order valence-electron chi connectivity index (χ2n) is 5.08. The van der Waals surface area contributed by atoms with E-state index in [1.165, 1.54) is 0 Å². The van der Waals surface area contributed by atoms with Gasteiger partial charge in [-0.2, -0.15) is 0 Å². The molecule has 0 radical (unpaired) electrons. The fourth-order valence-electron chi connectivity index (χ4n) is 2.35. The zero-order chi connectivity index (χ0) is 16.2. The molecule has 3 rings (SSSR count).